The van der Waals surface area contributed by atoms with Crippen molar-refractivity contribution < 1.29 is 4.79 Å². The molecule has 1 aromatic heterocycles. The number of rotatable bonds is 5. The van der Waals surface area contributed by atoms with Crippen LogP contribution in [-0.2, 0) is 6.54 Å². The van der Waals surface area contributed by atoms with Crippen LogP contribution in [0.4, 0.5) is 10.5 Å². The number of aromatic nitrogens is 1. The van der Waals surface area contributed by atoms with E-state index in [1.807, 2.05) is 66.7 Å². The number of amides is 1. The van der Waals surface area contributed by atoms with Gasteiger partial charge in [0.25, 0.3) is 0 Å². The maximum absolute atomic E-state index is 12.6. The van der Waals surface area contributed by atoms with Crippen molar-refractivity contribution in [2.45, 2.75) is 11.4 Å². The minimum atomic E-state index is -0.160. The number of fused-ring (bicyclic) bond motifs is 1. The summed E-state index contributed by atoms with van der Waals surface area (Å²) < 4.78 is 4.90. The molecule has 0 unspecified atom stereocenters. The molecule has 0 bridgehead atoms. The summed E-state index contributed by atoms with van der Waals surface area (Å²) in [5.41, 5.74) is 2.82. The smallest absolute Gasteiger partial charge is 0.326 e. The van der Waals surface area contributed by atoms with Crippen LogP contribution in [0, 0.1) is 0 Å². The molecule has 0 aliphatic heterocycles. The van der Waals surface area contributed by atoms with Crippen molar-refractivity contribution in [1.82, 2.24) is 9.88 Å². The fourth-order valence-electron chi connectivity index (χ4n) is 2.95. The molecular weight excluding hydrogens is 425 g/mol. The quantitative estimate of drug-likeness (QED) is 0.333. The largest absolute Gasteiger partial charge is 0.333 e. The number of carbonyl (C=O) groups is 1. The number of halogens is 2. The number of benzene rings is 3. The summed E-state index contributed by atoms with van der Waals surface area (Å²) >= 11 is 13.5. The van der Waals surface area contributed by atoms with Crippen LogP contribution < -0.4 is 10.0 Å². The second-order valence-corrected chi connectivity index (χ2v) is 8.17. The fraction of sp³-hybridized carbons (Fsp3) is 0.0455. The molecule has 0 aliphatic rings. The summed E-state index contributed by atoms with van der Waals surface area (Å²) in [6.45, 7) is 0.484. The van der Waals surface area contributed by atoms with Crippen LogP contribution >= 0.6 is 35.1 Å². The van der Waals surface area contributed by atoms with E-state index < -0.39 is 0 Å². The van der Waals surface area contributed by atoms with Crippen molar-refractivity contribution in [3.8, 4) is 0 Å². The highest BCUT2D eigenvalue weighted by molar-refractivity contribution is 8.00. The third kappa shape index (κ3) is 4.88. The number of nitrogens with one attached hydrogen (secondary N) is 2. The van der Waals surface area contributed by atoms with E-state index in [-0.39, 0.29) is 6.03 Å². The number of anilines is 1. The van der Waals surface area contributed by atoms with Crippen molar-refractivity contribution in [2.24, 2.45) is 0 Å². The summed E-state index contributed by atoms with van der Waals surface area (Å²) in [6.07, 6.45) is 1.78. The van der Waals surface area contributed by atoms with Gasteiger partial charge in [0.15, 0.2) is 0 Å². The first-order valence-electron chi connectivity index (χ1n) is 8.91. The lowest BCUT2D eigenvalue weighted by molar-refractivity contribution is 0.243. The monoisotopic (exact) mass is 441 g/mol. The Morgan fingerprint density at radius 1 is 0.931 bits per heavy atom. The van der Waals surface area contributed by atoms with Gasteiger partial charge in [-0.05, 0) is 60.0 Å². The highest BCUT2D eigenvalue weighted by Gasteiger charge is 2.09. The van der Waals surface area contributed by atoms with Crippen molar-refractivity contribution in [3.05, 3.63) is 94.6 Å². The van der Waals surface area contributed by atoms with Crippen LogP contribution in [0.15, 0.2) is 83.9 Å². The van der Waals surface area contributed by atoms with E-state index in [0.717, 1.165) is 27.0 Å². The first kappa shape index (κ1) is 19.7. The normalized spacial score (nSPS) is 10.8. The topological polar surface area (TPSA) is 46.1 Å². The van der Waals surface area contributed by atoms with Crippen LogP contribution in [0.25, 0.3) is 10.9 Å². The van der Waals surface area contributed by atoms with E-state index in [1.165, 1.54) is 11.9 Å². The second kappa shape index (κ2) is 8.82. The second-order valence-electron chi connectivity index (χ2n) is 6.41. The Labute approximate surface area is 183 Å². The van der Waals surface area contributed by atoms with Gasteiger partial charge in [0.05, 0.1) is 5.52 Å². The summed E-state index contributed by atoms with van der Waals surface area (Å²) in [4.78, 5) is 13.5. The zero-order valence-electron chi connectivity index (χ0n) is 15.2. The van der Waals surface area contributed by atoms with Gasteiger partial charge in [0.1, 0.15) is 0 Å². The Kier molecular flexibility index (Phi) is 6.00. The molecule has 0 fully saturated rings. The average molecular weight is 442 g/mol. The van der Waals surface area contributed by atoms with Gasteiger partial charge in [-0.2, -0.15) is 0 Å². The summed E-state index contributed by atoms with van der Waals surface area (Å²) in [7, 11) is 0. The molecule has 1 heterocycles. The van der Waals surface area contributed by atoms with Gasteiger partial charge in [0, 0.05) is 38.8 Å². The lowest BCUT2D eigenvalue weighted by Gasteiger charge is -2.09. The van der Waals surface area contributed by atoms with Crippen LogP contribution in [0.2, 0.25) is 10.0 Å². The van der Waals surface area contributed by atoms with Crippen LogP contribution in [-0.4, -0.2) is 10.6 Å². The zero-order chi connectivity index (χ0) is 20.2. The van der Waals surface area contributed by atoms with Gasteiger partial charge in [0.2, 0.25) is 0 Å². The lowest BCUT2D eigenvalue weighted by Crippen LogP contribution is -2.27. The SMILES string of the molecule is O=C(NCc1ccccc1)n1ccc2cc(NSc3cc(Cl)cc(Cl)c3)ccc21. The highest BCUT2D eigenvalue weighted by Crippen LogP contribution is 2.29. The van der Waals surface area contributed by atoms with Crippen molar-refractivity contribution in [1.29, 1.82) is 0 Å². The van der Waals surface area contributed by atoms with Gasteiger partial charge in [-0.1, -0.05) is 53.5 Å². The van der Waals surface area contributed by atoms with E-state index in [0.29, 0.717) is 16.6 Å². The molecule has 0 spiro atoms. The molecule has 4 nitrogen and oxygen atoms in total. The van der Waals surface area contributed by atoms with Gasteiger partial charge in [-0.15, -0.1) is 0 Å². The van der Waals surface area contributed by atoms with Crippen LogP contribution in [0.1, 0.15) is 5.56 Å². The Bertz CT molecular complexity index is 1140. The number of hydrogen-bond donors (Lipinski definition) is 2. The molecule has 0 radical (unpaired) electrons. The molecule has 29 heavy (non-hydrogen) atoms. The Balaban J connectivity index is 1.44. The minimum Gasteiger partial charge on any atom is -0.333 e. The van der Waals surface area contributed by atoms with Crippen LogP contribution in [0.3, 0.4) is 0 Å². The molecular formula is C22H17Cl2N3OS. The molecule has 0 atom stereocenters. The third-order valence-corrected chi connectivity index (χ3v) is 5.56. The molecule has 146 valence electrons. The average Bonchev–Trinajstić information content (AvgIpc) is 3.14. The molecule has 0 saturated heterocycles. The van der Waals surface area contributed by atoms with E-state index in [1.54, 1.807) is 16.8 Å². The number of carbonyl (C=O) groups excluding carboxylic acids is 1. The molecule has 2 N–H and O–H groups in total. The molecule has 0 aliphatic carbocycles. The predicted molar refractivity (Wildman–Crippen MR) is 122 cm³/mol. The standard InChI is InChI=1S/C22H17Cl2N3OS/c23-17-11-18(24)13-20(12-17)29-26-19-6-7-21-16(10-19)8-9-27(21)22(28)25-14-15-4-2-1-3-5-15/h1-13,26H,14H2,(H,25,28). The van der Waals surface area contributed by atoms with E-state index in [9.17, 15) is 4.79 Å². The predicted octanol–water partition coefficient (Wildman–Crippen LogP) is 6.83. The third-order valence-electron chi connectivity index (χ3n) is 4.32. The summed E-state index contributed by atoms with van der Waals surface area (Å²) in [5, 5.41) is 5.10. The van der Waals surface area contributed by atoms with Crippen molar-refractivity contribution in [2.75, 3.05) is 4.72 Å². The molecule has 3 aromatic carbocycles. The van der Waals surface area contributed by atoms with Crippen molar-refractivity contribution >= 4 is 57.8 Å². The van der Waals surface area contributed by atoms with Crippen molar-refractivity contribution in [3.63, 3.8) is 0 Å². The Morgan fingerprint density at radius 3 is 2.45 bits per heavy atom. The van der Waals surface area contributed by atoms with Gasteiger partial charge >= 0.3 is 6.03 Å². The van der Waals surface area contributed by atoms with Gasteiger partial charge in [-0.25, -0.2) is 4.79 Å². The van der Waals surface area contributed by atoms with Gasteiger partial charge in [-0.3, -0.25) is 4.57 Å². The highest BCUT2D eigenvalue weighted by atomic mass is 35.5. The zero-order valence-corrected chi connectivity index (χ0v) is 17.6. The Morgan fingerprint density at radius 2 is 1.69 bits per heavy atom. The van der Waals surface area contributed by atoms with E-state index in [2.05, 4.69) is 10.0 Å². The Hall–Kier alpha value is -2.60. The first-order chi connectivity index (χ1) is 14.1. The summed E-state index contributed by atoms with van der Waals surface area (Å²) in [6, 6.07) is 22.8. The molecule has 4 rings (SSSR count). The molecule has 7 heteroatoms. The maximum atomic E-state index is 12.6. The number of nitrogens with zero attached hydrogens (tertiary/aromatic N) is 1. The molecule has 1 amide bonds. The van der Waals surface area contributed by atoms with Gasteiger partial charge < -0.3 is 10.0 Å². The molecule has 0 saturated carbocycles. The fourth-order valence-corrected chi connectivity index (χ4v) is 4.34. The maximum Gasteiger partial charge on any atom is 0.326 e. The summed E-state index contributed by atoms with van der Waals surface area (Å²) in [5.74, 6) is 0. The molecule has 4 aromatic rings. The van der Waals surface area contributed by atoms with Crippen LogP contribution in [0.5, 0.6) is 0 Å². The lowest BCUT2D eigenvalue weighted by atomic mass is 10.2. The van der Waals surface area contributed by atoms with E-state index in [4.69, 9.17) is 23.2 Å². The number of hydrogen-bond acceptors (Lipinski definition) is 3. The first-order valence-corrected chi connectivity index (χ1v) is 10.5. The minimum absolute atomic E-state index is 0.160. The van der Waals surface area contributed by atoms with E-state index >= 15 is 0 Å².